The molecule has 0 bridgehead atoms. The Bertz CT molecular complexity index is 181. The fourth-order valence-electron chi connectivity index (χ4n) is 1.56. The van der Waals surface area contributed by atoms with Gasteiger partial charge in [0.1, 0.15) is 0 Å². The topological polar surface area (TPSA) is 9.23 Å². The average molecular weight is 230 g/mol. The minimum Gasteiger partial charge on any atom is -0.413 e. The summed E-state index contributed by atoms with van der Waals surface area (Å²) in [7, 11) is -1.59. The highest BCUT2D eigenvalue weighted by Gasteiger charge is 2.40. The molecule has 15 heavy (non-hydrogen) atoms. The summed E-state index contributed by atoms with van der Waals surface area (Å²) in [5, 5.41) is 0.315. The summed E-state index contributed by atoms with van der Waals surface area (Å²) in [5.41, 5.74) is 0. The molecule has 0 saturated heterocycles. The third-order valence-corrected chi connectivity index (χ3v) is 8.02. The van der Waals surface area contributed by atoms with Crippen LogP contribution in [0.15, 0.2) is 0 Å². The van der Waals surface area contributed by atoms with Gasteiger partial charge in [0.25, 0.3) is 0 Å². The van der Waals surface area contributed by atoms with Crippen molar-refractivity contribution < 1.29 is 4.43 Å². The van der Waals surface area contributed by atoms with Gasteiger partial charge in [-0.3, -0.25) is 0 Å². The van der Waals surface area contributed by atoms with Crippen molar-refractivity contribution in [3.63, 3.8) is 0 Å². The van der Waals surface area contributed by atoms with E-state index in [2.05, 4.69) is 61.6 Å². The monoisotopic (exact) mass is 230 g/mol. The molecule has 0 spiro atoms. The smallest absolute Gasteiger partial charge is 0.192 e. The molecule has 0 aromatic heterocycles. The predicted octanol–water partition coefficient (Wildman–Crippen LogP) is 4.69. The first-order valence-electron chi connectivity index (χ1n) is 6.17. The fourth-order valence-corrected chi connectivity index (χ4v) is 3.14. The van der Waals surface area contributed by atoms with E-state index in [0.717, 1.165) is 0 Å². The van der Waals surface area contributed by atoms with Crippen molar-refractivity contribution in [3.8, 4) is 0 Å². The number of hydrogen-bond acceptors (Lipinski definition) is 1. The molecule has 1 nitrogen and oxygen atoms in total. The van der Waals surface area contributed by atoms with Gasteiger partial charge >= 0.3 is 0 Å². The third-order valence-electron chi connectivity index (χ3n) is 3.55. The van der Waals surface area contributed by atoms with Gasteiger partial charge in [-0.15, -0.1) is 0 Å². The first kappa shape index (κ1) is 15.2. The molecule has 0 aromatic carbocycles. The van der Waals surface area contributed by atoms with E-state index in [4.69, 9.17) is 4.43 Å². The van der Waals surface area contributed by atoms with Crippen LogP contribution in [0.1, 0.15) is 48.5 Å². The van der Waals surface area contributed by atoms with Crippen molar-refractivity contribution in [2.45, 2.75) is 72.7 Å². The Balaban J connectivity index is 4.68. The summed E-state index contributed by atoms with van der Waals surface area (Å²) in [6, 6.07) is 0. The molecule has 0 fully saturated rings. The van der Waals surface area contributed by atoms with Crippen molar-refractivity contribution in [1.82, 2.24) is 0 Å². The molecule has 0 heterocycles. The molecular weight excluding hydrogens is 200 g/mol. The van der Waals surface area contributed by atoms with E-state index in [-0.39, 0.29) is 0 Å². The van der Waals surface area contributed by atoms with Gasteiger partial charge in [0.2, 0.25) is 0 Å². The molecule has 0 atom stereocenters. The highest BCUT2D eigenvalue weighted by atomic mass is 28.4. The molecule has 0 aliphatic heterocycles. The maximum Gasteiger partial charge on any atom is 0.192 e. The van der Waals surface area contributed by atoms with Crippen molar-refractivity contribution in [1.29, 1.82) is 0 Å². The molecule has 0 saturated carbocycles. The predicted molar refractivity (Wildman–Crippen MR) is 71.7 cm³/mol. The second kappa shape index (κ2) is 5.01. The van der Waals surface area contributed by atoms with E-state index in [1.54, 1.807) is 0 Å². The van der Waals surface area contributed by atoms with Crippen LogP contribution in [0.4, 0.5) is 0 Å². The van der Waals surface area contributed by atoms with Crippen LogP contribution in [-0.4, -0.2) is 14.4 Å². The minimum absolute atomic E-state index is 0.315. The van der Waals surface area contributed by atoms with Gasteiger partial charge in [-0.05, 0) is 30.0 Å². The molecule has 0 aliphatic rings. The lowest BCUT2D eigenvalue weighted by Gasteiger charge is -2.41. The van der Waals surface area contributed by atoms with Crippen LogP contribution >= 0.6 is 0 Å². The molecule has 0 N–H and O–H groups in total. The normalized spacial score (nSPS) is 14.4. The first-order chi connectivity index (χ1) is 6.49. The van der Waals surface area contributed by atoms with Crippen molar-refractivity contribution in [3.05, 3.63) is 0 Å². The van der Waals surface area contributed by atoms with Crippen molar-refractivity contribution in [2.24, 2.45) is 11.8 Å². The Kier molecular flexibility index (Phi) is 5.06. The molecule has 92 valence electrons. The summed E-state index contributed by atoms with van der Waals surface area (Å²) >= 11 is 0. The van der Waals surface area contributed by atoms with Crippen LogP contribution in [0, 0.1) is 11.8 Å². The largest absolute Gasteiger partial charge is 0.413 e. The average Bonchev–Trinajstić information content (AvgIpc) is 1.96. The maximum absolute atomic E-state index is 6.46. The molecule has 0 aliphatic carbocycles. The van der Waals surface area contributed by atoms with Gasteiger partial charge in [0, 0.05) is 6.10 Å². The van der Waals surface area contributed by atoms with Gasteiger partial charge in [0.05, 0.1) is 0 Å². The summed E-state index contributed by atoms with van der Waals surface area (Å²) in [6.07, 6.45) is 0.408. The molecule has 0 unspecified atom stereocenters. The SMILES string of the molecule is CC(C)C(O[Si](C)(C)C(C)(C)C)C(C)C. The summed E-state index contributed by atoms with van der Waals surface area (Å²) in [6.45, 7) is 20.6. The second-order valence-electron chi connectivity index (χ2n) is 6.83. The number of rotatable bonds is 4. The fraction of sp³-hybridized carbons (Fsp3) is 1.00. The lowest BCUT2D eigenvalue weighted by molar-refractivity contribution is 0.0898. The van der Waals surface area contributed by atoms with Crippen LogP contribution in [0.3, 0.4) is 0 Å². The van der Waals surface area contributed by atoms with Crippen LogP contribution in [0.5, 0.6) is 0 Å². The molecule has 0 radical (unpaired) electrons. The van der Waals surface area contributed by atoms with Crippen LogP contribution in [-0.2, 0) is 4.43 Å². The van der Waals surface area contributed by atoms with Gasteiger partial charge < -0.3 is 4.43 Å². The van der Waals surface area contributed by atoms with Crippen LogP contribution in [0.25, 0.3) is 0 Å². The molecule has 0 rings (SSSR count). The lowest BCUT2D eigenvalue weighted by atomic mass is 9.97. The van der Waals surface area contributed by atoms with E-state index in [0.29, 0.717) is 23.0 Å². The van der Waals surface area contributed by atoms with Crippen molar-refractivity contribution >= 4 is 8.32 Å². The summed E-state index contributed by atoms with van der Waals surface area (Å²) in [4.78, 5) is 0. The maximum atomic E-state index is 6.46. The third kappa shape index (κ3) is 4.27. The Morgan fingerprint density at radius 3 is 1.40 bits per heavy atom. The van der Waals surface area contributed by atoms with Gasteiger partial charge in [-0.2, -0.15) is 0 Å². The Morgan fingerprint density at radius 2 is 1.20 bits per heavy atom. The molecule has 0 amide bonds. The van der Waals surface area contributed by atoms with Gasteiger partial charge in [-0.1, -0.05) is 48.5 Å². The van der Waals surface area contributed by atoms with Gasteiger partial charge in [-0.25, -0.2) is 0 Å². The van der Waals surface area contributed by atoms with E-state index in [1.807, 2.05) is 0 Å². The van der Waals surface area contributed by atoms with Crippen LogP contribution < -0.4 is 0 Å². The Morgan fingerprint density at radius 1 is 0.867 bits per heavy atom. The zero-order valence-corrected chi connectivity index (χ0v) is 13.1. The highest BCUT2D eigenvalue weighted by Crippen LogP contribution is 2.38. The zero-order valence-electron chi connectivity index (χ0n) is 12.1. The minimum atomic E-state index is -1.59. The van der Waals surface area contributed by atoms with E-state index >= 15 is 0 Å². The highest BCUT2D eigenvalue weighted by molar-refractivity contribution is 6.74. The summed E-state index contributed by atoms with van der Waals surface area (Å²) < 4.78 is 6.46. The van der Waals surface area contributed by atoms with Crippen LogP contribution in [0.2, 0.25) is 18.1 Å². The Labute approximate surface area is 97.7 Å². The lowest BCUT2D eigenvalue weighted by Crippen LogP contribution is -2.46. The molecular formula is C13H30OSi. The summed E-state index contributed by atoms with van der Waals surface area (Å²) in [5.74, 6) is 1.22. The standard InChI is InChI=1S/C13H30OSi/c1-10(2)12(11(3)4)14-15(8,9)13(5,6)7/h10-12H,1-9H3. The van der Waals surface area contributed by atoms with Crippen molar-refractivity contribution in [2.75, 3.05) is 0 Å². The van der Waals surface area contributed by atoms with E-state index in [9.17, 15) is 0 Å². The first-order valence-corrected chi connectivity index (χ1v) is 9.07. The second-order valence-corrected chi connectivity index (χ2v) is 11.6. The number of hydrogen-bond donors (Lipinski definition) is 0. The van der Waals surface area contributed by atoms with Gasteiger partial charge in [0.15, 0.2) is 8.32 Å². The van der Waals surface area contributed by atoms with E-state index < -0.39 is 8.32 Å². The quantitative estimate of drug-likeness (QED) is 0.637. The Hall–Kier alpha value is 0.177. The molecule has 0 aromatic rings. The zero-order chi connectivity index (χ0) is 12.4. The molecule has 2 heteroatoms. The van der Waals surface area contributed by atoms with E-state index in [1.165, 1.54) is 0 Å².